The summed E-state index contributed by atoms with van der Waals surface area (Å²) in [4.78, 5) is 3.97. The maximum Gasteiger partial charge on any atom is 0.416 e. The average molecular weight is 306 g/mol. The number of anilines is 2. The van der Waals surface area contributed by atoms with Crippen molar-refractivity contribution in [3.63, 3.8) is 0 Å². The smallest absolute Gasteiger partial charge is 0.385 e. The first-order valence-electron chi connectivity index (χ1n) is 6.47. The first kappa shape index (κ1) is 17.5. The highest BCUT2D eigenvalue weighted by Crippen LogP contribution is 2.32. The van der Waals surface area contributed by atoms with Crippen LogP contribution in [-0.2, 0) is 10.9 Å². The molecule has 0 aliphatic rings. The number of ether oxygens (including phenoxy) is 1. The van der Waals surface area contributed by atoms with Crippen molar-refractivity contribution in [2.75, 3.05) is 31.0 Å². The lowest BCUT2D eigenvalue weighted by Gasteiger charge is -2.25. The van der Waals surface area contributed by atoms with E-state index >= 15 is 0 Å². The Kier molecular flexibility index (Phi) is 5.79. The third-order valence-electron chi connectivity index (χ3n) is 3.03. The zero-order valence-corrected chi connectivity index (χ0v) is 12.3. The van der Waals surface area contributed by atoms with Crippen LogP contribution in [0.1, 0.15) is 25.8 Å². The highest BCUT2D eigenvalue weighted by molar-refractivity contribution is 5.49. The number of aromatic nitrogens is 1. The van der Waals surface area contributed by atoms with E-state index in [1.807, 2.05) is 13.8 Å². The molecule has 0 spiro atoms. The summed E-state index contributed by atoms with van der Waals surface area (Å²) >= 11 is 0. The molecule has 5 nitrogen and oxygen atoms in total. The zero-order chi connectivity index (χ0) is 16.1. The number of nitrogen functional groups attached to an aromatic ring is 1. The molecule has 1 rings (SSSR count). The van der Waals surface area contributed by atoms with Gasteiger partial charge in [0.25, 0.3) is 0 Å². The van der Waals surface area contributed by atoms with Crippen LogP contribution in [0.5, 0.6) is 0 Å². The van der Waals surface area contributed by atoms with Crippen LogP contribution in [0.25, 0.3) is 0 Å². The Morgan fingerprint density at radius 3 is 2.38 bits per heavy atom. The van der Waals surface area contributed by atoms with E-state index in [-0.39, 0.29) is 17.1 Å². The van der Waals surface area contributed by atoms with Gasteiger partial charge in [-0.05, 0) is 24.0 Å². The molecule has 0 atom stereocenters. The Bertz CT molecular complexity index is 463. The fourth-order valence-electron chi connectivity index (χ4n) is 1.66. The van der Waals surface area contributed by atoms with Gasteiger partial charge in [-0.1, -0.05) is 13.8 Å². The van der Waals surface area contributed by atoms with Gasteiger partial charge < -0.3 is 15.5 Å². The highest BCUT2D eigenvalue weighted by atomic mass is 19.4. The van der Waals surface area contributed by atoms with Crippen LogP contribution in [0.15, 0.2) is 12.1 Å². The van der Waals surface area contributed by atoms with Gasteiger partial charge in [-0.25, -0.2) is 10.8 Å². The Labute approximate surface area is 122 Å². The maximum atomic E-state index is 12.8. The molecule has 0 saturated heterocycles. The second-order valence-electron chi connectivity index (χ2n) is 5.53. The Hall–Kier alpha value is -1.54. The number of nitrogens with zero attached hydrogens (tertiary/aromatic N) is 1. The van der Waals surface area contributed by atoms with E-state index in [1.165, 1.54) is 0 Å². The molecule has 120 valence electrons. The van der Waals surface area contributed by atoms with Gasteiger partial charge >= 0.3 is 6.18 Å². The summed E-state index contributed by atoms with van der Waals surface area (Å²) in [7, 11) is 1.61. The lowest BCUT2D eigenvalue weighted by Crippen LogP contribution is -2.25. The third kappa shape index (κ3) is 5.76. The van der Waals surface area contributed by atoms with E-state index in [4.69, 9.17) is 10.6 Å². The van der Waals surface area contributed by atoms with E-state index < -0.39 is 11.7 Å². The Morgan fingerprint density at radius 1 is 1.24 bits per heavy atom. The number of methoxy groups -OCH3 is 1. The van der Waals surface area contributed by atoms with Gasteiger partial charge in [-0.15, -0.1) is 0 Å². The third-order valence-corrected chi connectivity index (χ3v) is 3.03. The molecule has 8 heteroatoms. The number of nitrogens with two attached hydrogens (primary N) is 1. The molecule has 0 aromatic carbocycles. The van der Waals surface area contributed by atoms with Crippen molar-refractivity contribution in [3.8, 4) is 0 Å². The fourth-order valence-corrected chi connectivity index (χ4v) is 1.66. The van der Waals surface area contributed by atoms with Crippen LogP contribution in [0.4, 0.5) is 24.8 Å². The predicted molar refractivity (Wildman–Crippen MR) is 75.8 cm³/mol. The number of hydrogen-bond acceptors (Lipinski definition) is 5. The molecule has 4 N–H and O–H groups in total. The molecule has 0 saturated carbocycles. The lowest BCUT2D eigenvalue weighted by atomic mass is 9.90. The van der Waals surface area contributed by atoms with E-state index in [0.29, 0.717) is 13.2 Å². The monoisotopic (exact) mass is 306 g/mol. The molecule has 1 aromatic heterocycles. The van der Waals surface area contributed by atoms with Crippen LogP contribution in [-0.4, -0.2) is 25.2 Å². The summed E-state index contributed by atoms with van der Waals surface area (Å²) in [6, 6.07) is 1.83. The van der Waals surface area contributed by atoms with E-state index in [1.54, 1.807) is 7.11 Å². The summed E-state index contributed by atoms with van der Waals surface area (Å²) in [6.07, 6.45) is -3.67. The van der Waals surface area contributed by atoms with Crippen molar-refractivity contribution < 1.29 is 17.9 Å². The molecule has 0 aliphatic carbocycles. The van der Waals surface area contributed by atoms with Crippen LogP contribution < -0.4 is 16.6 Å². The number of hydrazine groups is 1. The van der Waals surface area contributed by atoms with Gasteiger partial charge in [0, 0.05) is 20.3 Å². The number of alkyl halides is 3. The predicted octanol–water partition coefficient (Wildman–Crippen LogP) is 2.86. The molecule has 0 fully saturated rings. The molecule has 21 heavy (non-hydrogen) atoms. The maximum absolute atomic E-state index is 12.8. The molecular weight excluding hydrogens is 285 g/mol. The largest absolute Gasteiger partial charge is 0.416 e. The van der Waals surface area contributed by atoms with E-state index in [0.717, 1.165) is 18.6 Å². The van der Waals surface area contributed by atoms with Crippen molar-refractivity contribution in [2.45, 2.75) is 26.4 Å². The Morgan fingerprint density at radius 2 is 1.86 bits per heavy atom. The summed E-state index contributed by atoms with van der Waals surface area (Å²) in [5.74, 6) is 5.24. The first-order chi connectivity index (χ1) is 9.68. The molecule has 0 amide bonds. The second kappa shape index (κ2) is 6.95. The number of pyridine rings is 1. The fraction of sp³-hybridized carbons (Fsp3) is 0.615. The van der Waals surface area contributed by atoms with Crippen molar-refractivity contribution in [1.29, 1.82) is 0 Å². The SMILES string of the molecule is COCCC(C)(C)CNc1cc(C(F)(F)F)cc(NN)n1. The van der Waals surface area contributed by atoms with Gasteiger partial charge in [-0.2, -0.15) is 13.2 Å². The minimum atomic E-state index is -4.45. The normalized spacial score (nSPS) is 12.3. The summed E-state index contributed by atoms with van der Waals surface area (Å²) in [5, 5.41) is 2.92. The summed E-state index contributed by atoms with van der Waals surface area (Å²) in [5.41, 5.74) is 1.20. The van der Waals surface area contributed by atoms with Gasteiger partial charge in [0.15, 0.2) is 0 Å². The number of halogens is 3. The van der Waals surface area contributed by atoms with Crippen LogP contribution in [0, 0.1) is 5.41 Å². The molecule has 0 bridgehead atoms. The van der Waals surface area contributed by atoms with Gasteiger partial charge in [-0.3, -0.25) is 0 Å². The quantitative estimate of drug-likeness (QED) is 0.534. The number of nitrogens with one attached hydrogen (secondary N) is 2. The van der Waals surface area contributed by atoms with Crippen molar-refractivity contribution in [2.24, 2.45) is 11.3 Å². The summed E-state index contributed by atoms with van der Waals surface area (Å²) in [6.45, 7) is 5.04. The minimum Gasteiger partial charge on any atom is -0.385 e. The van der Waals surface area contributed by atoms with Crippen molar-refractivity contribution in [3.05, 3.63) is 17.7 Å². The molecule has 0 radical (unpaired) electrons. The van der Waals surface area contributed by atoms with E-state index in [9.17, 15) is 13.2 Å². The van der Waals surface area contributed by atoms with Crippen LogP contribution >= 0.6 is 0 Å². The van der Waals surface area contributed by atoms with Crippen LogP contribution in [0.3, 0.4) is 0 Å². The van der Waals surface area contributed by atoms with Crippen LogP contribution in [0.2, 0.25) is 0 Å². The van der Waals surface area contributed by atoms with Gasteiger partial charge in [0.2, 0.25) is 0 Å². The number of rotatable bonds is 7. The number of hydrogen-bond donors (Lipinski definition) is 3. The molecule has 1 aromatic rings. The topological polar surface area (TPSA) is 72.2 Å². The Balaban J connectivity index is 2.83. The average Bonchev–Trinajstić information content (AvgIpc) is 2.42. The highest BCUT2D eigenvalue weighted by Gasteiger charge is 2.31. The zero-order valence-electron chi connectivity index (χ0n) is 12.3. The van der Waals surface area contributed by atoms with Crippen molar-refractivity contribution in [1.82, 2.24) is 4.98 Å². The second-order valence-corrected chi connectivity index (χ2v) is 5.53. The van der Waals surface area contributed by atoms with Crippen molar-refractivity contribution >= 4 is 11.6 Å². The first-order valence-corrected chi connectivity index (χ1v) is 6.47. The van der Waals surface area contributed by atoms with E-state index in [2.05, 4.69) is 15.7 Å². The lowest BCUT2D eigenvalue weighted by molar-refractivity contribution is -0.137. The standard InChI is InChI=1S/C13H21F3N4O/c1-12(2,4-5-21-3)8-18-10-6-9(13(14,15)16)7-11(19-10)20-17/h6-7H,4-5,8,17H2,1-3H3,(H2,18,19,20). The minimum absolute atomic E-state index is 0.0398. The summed E-state index contributed by atoms with van der Waals surface area (Å²) < 4.78 is 43.4. The molecular formula is C13H21F3N4O. The molecule has 1 heterocycles. The van der Waals surface area contributed by atoms with Gasteiger partial charge in [0.1, 0.15) is 11.6 Å². The van der Waals surface area contributed by atoms with Gasteiger partial charge in [0.05, 0.1) is 5.56 Å². The molecule has 0 aliphatic heterocycles. The molecule has 0 unspecified atom stereocenters.